The fourth-order valence-electron chi connectivity index (χ4n) is 1.73. The molecule has 0 bridgehead atoms. The predicted octanol–water partition coefficient (Wildman–Crippen LogP) is 3.15. The van der Waals surface area contributed by atoms with E-state index in [0.717, 1.165) is 12.0 Å². The standard InChI is InChI=1S/C12H15ClFN/c1-12(4-5-12)11(15)7-8-2-3-10(14)9(13)6-8/h2-3,6,11H,4-5,7,15H2,1H3. The molecule has 0 amide bonds. The van der Waals surface area contributed by atoms with E-state index in [1.54, 1.807) is 12.1 Å². The lowest BCUT2D eigenvalue weighted by Crippen LogP contribution is -2.31. The number of rotatable bonds is 3. The molecule has 0 aliphatic heterocycles. The van der Waals surface area contributed by atoms with Crippen molar-refractivity contribution in [1.82, 2.24) is 0 Å². The molecular weight excluding hydrogens is 213 g/mol. The number of hydrogen-bond acceptors (Lipinski definition) is 1. The topological polar surface area (TPSA) is 26.0 Å². The van der Waals surface area contributed by atoms with Crippen molar-refractivity contribution in [3.8, 4) is 0 Å². The second-order valence-electron chi connectivity index (χ2n) is 4.71. The summed E-state index contributed by atoms with van der Waals surface area (Å²) in [7, 11) is 0. The number of halogens is 2. The fourth-order valence-corrected chi connectivity index (χ4v) is 1.94. The molecule has 3 heteroatoms. The van der Waals surface area contributed by atoms with Gasteiger partial charge in [-0.1, -0.05) is 24.6 Å². The molecule has 1 aromatic carbocycles. The highest BCUT2D eigenvalue weighted by molar-refractivity contribution is 6.30. The Bertz CT molecular complexity index is 374. The monoisotopic (exact) mass is 227 g/mol. The Balaban J connectivity index is 2.07. The van der Waals surface area contributed by atoms with Gasteiger partial charge in [0.25, 0.3) is 0 Å². The van der Waals surface area contributed by atoms with Gasteiger partial charge in [0.2, 0.25) is 0 Å². The molecule has 2 rings (SSSR count). The van der Waals surface area contributed by atoms with Gasteiger partial charge in [-0.05, 0) is 42.4 Å². The first-order valence-corrected chi connectivity index (χ1v) is 5.58. The van der Waals surface area contributed by atoms with E-state index in [1.165, 1.54) is 18.9 Å². The van der Waals surface area contributed by atoms with Crippen molar-refractivity contribution in [3.63, 3.8) is 0 Å². The van der Waals surface area contributed by atoms with Crippen LogP contribution in [0.5, 0.6) is 0 Å². The molecule has 0 radical (unpaired) electrons. The minimum atomic E-state index is -0.369. The number of hydrogen-bond donors (Lipinski definition) is 1. The van der Waals surface area contributed by atoms with E-state index < -0.39 is 0 Å². The van der Waals surface area contributed by atoms with Crippen molar-refractivity contribution < 1.29 is 4.39 Å². The van der Waals surface area contributed by atoms with Gasteiger partial charge in [0, 0.05) is 6.04 Å². The Morgan fingerprint density at radius 1 is 1.53 bits per heavy atom. The molecule has 0 saturated heterocycles. The summed E-state index contributed by atoms with van der Waals surface area (Å²) in [6.45, 7) is 2.20. The van der Waals surface area contributed by atoms with Gasteiger partial charge in [0.1, 0.15) is 5.82 Å². The van der Waals surface area contributed by atoms with Gasteiger partial charge in [-0.15, -0.1) is 0 Å². The predicted molar refractivity (Wildman–Crippen MR) is 60.4 cm³/mol. The molecule has 1 saturated carbocycles. The number of nitrogens with two attached hydrogens (primary N) is 1. The van der Waals surface area contributed by atoms with Crippen LogP contribution < -0.4 is 5.73 Å². The van der Waals surface area contributed by atoms with Crippen molar-refractivity contribution in [1.29, 1.82) is 0 Å². The molecule has 82 valence electrons. The van der Waals surface area contributed by atoms with Gasteiger partial charge in [-0.3, -0.25) is 0 Å². The highest BCUT2D eigenvalue weighted by Gasteiger charge is 2.42. The fraction of sp³-hybridized carbons (Fsp3) is 0.500. The molecule has 1 aliphatic carbocycles. The third kappa shape index (κ3) is 2.32. The highest BCUT2D eigenvalue weighted by Crippen LogP contribution is 2.48. The van der Waals surface area contributed by atoms with Gasteiger partial charge in [0.15, 0.2) is 0 Å². The molecule has 1 nitrogen and oxygen atoms in total. The lowest BCUT2D eigenvalue weighted by molar-refractivity contribution is 0.433. The third-order valence-electron chi connectivity index (χ3n) is 3.37. The van der Waals surface area contributed by atoms with Crippen molar-refractivity contribution in [2.45, 2.75) is 32.2 Å². The molecule has 1 atom stereocenters. The van der Waals surface area contributed by atoms with E-state index in [-0.39, 0.29) is 16.9 Å². The molecule has 1 aromatic rings. The average Bonchev–Trinajstić information content (AvgIpc) is 2.92. The minimum Gasteiger partial charge on any atom is -0.327 e. The second-order valence-corrected chi connectivity index (χ2v) is 5.12. The van der Waals surface area contributed by atoms with Gasteiger partial charge < -0.3 is 5.73 Å². The van der Waals surface area contributed by atoms with Crippen LogP contribution in [0.15, 0.2) is 18.2 Å². The molecule has 15 heavy (non-hydrogen) atoms. The molecular formula is C12H15ClFN. The average molecular weight is 228 g/mol. The minimum absolute atomic E-state index is 0.152. The van der Waals surface area contributed by atoms with E-state index in [9.17, 15) is 4.39 Å². The first-order valence-electron chi connectivity index (χ1n) is 5.21. The summed E-state index contributed by atoms with van der Waals surface area (Å²) < 4.78 is 12.9. The normalized spacial score (nSPS) is 20.0. The zero-order chi connectivity index (χ0) is 11.1. The van der Waals surface area contributed by atoms with Crippen LogP contribution in [-0.4, -0.2) is 6.04 Å². The molecule has 1 aliphatic rings. The van der Waals surface area contributed by atoms with Gasteiger partial charge in [0.05, 0.1) is 5.02 Å². The van der Waals surface area contributed by atoms with Crippen LogP contribution in [0.3, 0.4) is 0 Å². The van der Waals surface area contributed by atoms with Gasteiger partial charge in [-0.25, -0.2) is 4.39 Å². The van der Waals surface area contributed by atoms with E-state index in [0.29, 0.717) is 5.41 Å². The largest absolute Gasteiger partial charge is 0.327 e. The summed E-state index contributed by atoms with van der Waals surface area (Å²) in [4.78, 5) is 0. The summed E-state index contributed by atoms with van der Waals surface area (Å²) in [6, 6.07) is 4.98. The zero-order valence-corrected chi connectivity index (χ0v) is 9.52. The Hall–Kier alpha value is -0.600. The molecule has 1 unspecified atom stereocenters. The summed E-state index contributed by atoms with van der Waals surface area (Å²) in [6.07, 6.45) is 3.17. The molecule has 1 fully saturated rings. The van der Waals surface area contributed by atoms with Gasteiger partial charge >= 0.3 is 0 Å². The molecule has 0 heterocycles. The first-order chi connectivity index (χ1) is 7.01. The quantitative estimate of drug-likeness (QED) is 0.844. The van der Waals surface area contributed by atoms with E-state index >= 15 is 0 Å². The van der Waals surface area contributed by atoms with Crippen LogP contribution in [-0.2, 0) is 6.42 Å². The lowest BCUT2D eigenvalue weighted by atomic mass is 9.93. The summed E-state index contributed by atoms with van der Waals surface area (Å²) in [5, 5.41) is 0.181. The summed E-state index contributed by atoms with van der Waals surface area (Å²) in [5.41, 5.74) is 7.40. The van der Waals surface area contributed by atoms with Crippen molar-refractivity contribution in [2.75, 3.05) is 0 Å². The smallest absolute Gasteiger partial charge is 0.141 e. The van der Waals surface area contributed by atoms with Crippen molar-refractivity contribution in [3.05, 3.63) is 34.6 Å². The maximum Gasteiger partial charge on any atom is 0.141 e. The van der Waals surface area contributed by atoms with Crippen molar-refractivity contribution >= 4 is 11.6 Å². The lowest BCUT2D eigenvalue weighted by Gasteiger charge is -2.18. The molecule has 2 N–H and O–H groups in total. The maximum absolute atomic E-state index is 12.9. The second kappa shape index (κ2) is 3.76. The summed E-state index contributed by atoms with van der Waals surface area (Å²) in [5.74, 6) is -0.369. The van der Waals surface area contributed by atoms with Gasteiger partial charge in [-0.2, -0.15) is 0 Å². The first kappa shape index (κ1) is 10.9. The highest BCUT2D eigenvalue weighted by atomic mass is 35.5. The van der Waals surface area contributed by atoms with Crippen LogP contribution in [0.25, 0.3) is 0 Å². The van der Waals surface area contributed by atoms with Crippen LogP contribution in [0.1, 0.15) is 25.3 Å². The van der Waals surface area contributed by atoms with Crippen LogP contribution in [0, 0.1) is 11.2 Å². The Morgan fingerprint density at radius 2 is 2.20 bits per heavy atom. The number of benzene rings is 1. The van der Waals surface area contributed by atoms with E-state index in [4.69, 9.17) is 17.3 Å². The zero-order valence-electron chi connectivity index (χ0n) is 8.76. The summed E-state index contributed by atoms with van der Waals surface area (Å²) >= 11 is 5.71. The van der Waals surface area contributed by atoms with Crippen LogP contribution in [0.2, 0.25) is 5.02 Å². The van der Waals surface area contributed by atoms with E-state index in [2.05, 4.69) is 6.92 Å². The van der Waals surface area contributed by atoms with Crippen LogP contribution >= 0.6 is 11.6 Å². The maximum atomic E-state index is 12.9. The Kier molecular flexibility index (Phi) is 2.73. The molecule has 0 aromatic heterocycles. The third-order valence-corrected chi connectivity index (χ3v) is 3.66. The van der Waals surface area contributed by atoms with Crippen molar-refractivity contribution in [2.24, 2.45) is 11.1 Å². The Labute approximate surface area is 94.4 Å². The van der Waals surface area contributed by atoms with Crippen LogP contribution in [0.4, 0.5) is 4.39 Å². The molecule has 0 spiro atoms. The Morgan fingerprint density at radius 3 is 2.73 bits per heavy atom. The SMILES string of the molecule is CC1(C(N)Cc2ccc(F)c(Cl)c2)CC1. The van der Waals surface area contributed by atoms with E-state index in [1.807, 2.05) is 0 Å².